The topological polar surface area (TPSA) is 115 Å². The number of hydrogen-bond acceptors (Lipinski definition) is 5. The average molecular weight is 485 g/mol. The Morgan fingerprint density at radius 3 is 2.54 bits per heavy atom. The average Bonchev–Trinajstić information content (AvgIpc) is 3.24. The molecule has 2 atom stereocenters. The molecule has 35 heavy (non-hydrogen) atoms. The number of H-pyrrole nitrogens is 1. The number of amides is 3. The minimum Gasteiger partial charge on any atom is -0.361 e. The second-order valence-electron chi connectivity index (χ2n) is 10.5. The Kier molecular flexibility index (Phi) is 7.91. The molecular formula is C26H40N6O3. The van der Waals surface area contributed by atoms with Crippen LogP contribution in [0.4, 0.5) is 0 Å². The molecule has 4 N–H and O–H groups in total. The molecule has 1 aromatic carbocycles. The van der Waals surface area contributed by atoms with Gasteiger partial charge in [0, 0.05) is 57.8 Å². The summed E-state index contributed by atoms with van der Waals surface area (Å²) in [6, 6.07) is 7.08. The number of nitrogens with one attached hydrogen (secondary N) is 2. The van der Waals surface area contributed by atoms with Crippen molar-refractivity contribution in [3.63, 3.8) is 0 Å². The van der Waals surface area contributed by atoms with Crippen molar-refractivity contribution in [2.24, 2.45) is 11.1 Å². The zero-order chi connectivity index (χ0) is 26.0. The summed E-state index contributed by atoms with van der Waals surface area (Å²) in [4.78, 5) is 45.1. The van der Waals surface area contributed by atoms with E-state index in [1.807, 2.05) is 51.5 Å². The van der Waals surface area contributed by atoms with Crippen LogP contribution in [0.15, 0.2) is 30.5 Å². The number of nitrogens with zero attached hydrogens (tertiary/aromatic N) is 3. The highest BCUT2D eigenvalue weighted by atomic mass is 16.2. The lowest BCUT2D eigenvalue weighted by atomic mass is 9.76. The van der Waals surface area contributed by atoms with Crippen molar-refractivity contribution in [1.29, 1.82) is 0 Å². The third-order valence-corrected chi connectivity index (χ3v) is 7.20. The maximum atomic E-state index is 13.9. The van der Waals surface area contributed by atoms with Crippen molar-refractivity contribution in [3.8, 4) is 0 Å². The molecule has 192 valence electrons. The van der Waals surface area contributed by atoms with Crippen molar-refractivity contribution in [2.45, 2.75) is 58.0 Å². The smallest absolute Gasteiger partial charge is 0.245 e. The Labute approximate surface area is 208 Å². The van der Waals surface area contributed by atoms with Crippen LogP contribution in [0.2, 0.25) is 0 Å². The summed E-state index contributed by atoms with van der Waals surface area (Å²) in [6.45, 7) is 6.11. The van der Waals surface area contributed by atoms with E-state index in [9.17, 15) is 14.4 Å². The second kappa shape index (κ2) is 10.4. The van der Waals surface area contributed by atoms with Gasteiger partial charge in [-0.3, -0.25) is 19.4 Å². The lowest BCUT2D eigenvalue weighted by molar-refractivity contribution is -0.159. The molecule has 0 aliphatic carbocycles. The number of likely N-dealkylation sites (tertiary alicyclic amines) is 1. The van der Waals surface area contributed by atoms with E-state index in [2.05, 4.69) is 10.3 Å². The minimum absolute atomic E-state index is 0.00260. The van der Waals surface area contributed by atoms with Crippen molar-refractivity contribution in [1.82, 2.24) is 25.2 Å². The first-order valence-corrected chi connectivity index (χ1v) is 12.3. The quantitative estimate of drug-likeness (QED) is 0.495. The standard InChI is InChI=1S/C26H40N6O3/c1-7-26(24(35)31(6)30(4)5)13-10-14-32(17-26)22(33)21(29-23(34)25(2,3)27)15-18-16-28-20-12-9-8-11-19(18)20/h8-9,11-12,16,21,28H,7,10,13-15,17,27H2,1-6H3,(H,29,34)/t21-,26?/m1/s1. The molecule has 0 bridgehead atoms. The summed E-state index contributed by atoms with van der Waals surface area (Å²) in [7, 11) is 5.41. The maximum absolute atomic E-state index is 13.9. The van der Waals surface area contributed by atoms with Gasteiger partial charge in [-0.05, 0) is 44.7 Å². The van der Waals surface area contributed by atoms with E-state index in [0.29, 0.717) is 25.9 Å². The first-order valence-electron chi connectivity index (χ1n) is 12.3. The highest BCUT2D eigenvalue weighted by Crippen LogP contribution is 2.36. The number of rotatable bonds is 8. The number of carbonyl (C=O) groups is 3. The van der Waals surface area contributed by atoms with Crippen molar-refractivity contribution in [2.75, 3.05) is 34.2 Å². The zero-order valence-corrected chi connectivity index (χ0v) is 21.9. The highest BCUT2D eigenvalue weighted by Gasteiger charge is 2.45. The number of piperidine rings is 1. The van der Waals surface area contributed by atoms with Gasteiger partial charge in [-0.15, -0.1) is 0 Å². The van der Waals surface area contributed by atoms with Gasteiger partial charge < -0.3 is 20.9 Å². The molecule has 2 heterocycles. The minimum atomic E-state index is -1.13. The molecule has 1 unspecified atom stereocenters. The van der Waals surface area contributed by atoms with E-state index in [0.717, 1.165) is 29.3 Å². The fourth-order valence-corrected chi connectivity index (χ4v) is 4.74. The number of nitrogens with two attached hydrogens (primary N) is 1. The molecular weight excluding hydrogens is 444 g/mol. The Hall–Kier alpha value is -2.91. The summed E-state index contributed by atoms with van der Waals surface area (Å²) >= 11 is 0. The molecule has 0 spiro atoms. The van der Waals surface area contributed by atoms with Crippen LogP contribution in [0.5, 0.6) is 0 Å². The number of aromatic amines is 1. The second-order valence-corrected chi connectivity index (χ2v) is 10.5. The predicted molar refractivity (Wildman–Crippen MR) is 137 cm³/mol. The number of carbonyl (C=O) groups excluding carboxylic acids is 3. The number of para-hydroxylation sites is 1. The van der Waals surface area contributed by atoms with Crippen LogP contribution >= 0.6 is 0 Å². The normalized spacial score (nSPS) is 19.6. The van der Waals surface area contributed by atoms with Crippen LogP contribution in [0.25, 0.3) is 10.9 Å². The fourth-order valence-electron chi connectivity index (χ4n) is 4.74. The molecule has 9 nitrogen and oxygen atoms in total. The van der Waals surface area contributed by atoms with Gasteiger partial charge in [-0.25, -0.2) is 5.01 Å². The van der Waals surface area contributed by atoms with Crippen LogP contribution < -0.4 is 11.1 Å². The molecule has 0 saturated carbocycles. The van der Waals surface area contributed by atoms with E-state index in [4.69, 9.17) is 5.73 Å². The Balaban J connectivity index is 1.89. The molecule has 2 aromatic rings. The van der Waals surface area contributed by atoms with Gasteiger partial charge >= 0.3 is 0 Å². The van der Waals surface area contributed by atoms with Crippen molar-refractivity contribution < 1.29 is 14.4 Å². The molecule has 1 saturated heterocycles. The van der Waals surface area contributed by atoms with Crippen LogP contribution in [0, 0.1) is 5.41 Å². The Bertz CT molecular complexity index is 1070. The molecule has 3 amide bonds. The number of hydrogen-bond donors (Lipinski definition) is 3. The molecule has 9 heteroatoms. The van der Waals surface area contributed by atoms with E-state index in [-0.39, 0.29) is 11.8 Å². The van der Waals surface area contributed by atoms with E-state index in [1.165, 1.54) is 0 Å². The Morgan fingerprint density at radius 1 is 1.23 bits per heavy atom. The number of aromatic nitrogens is 1. The van der Waals surface area contributed by atoms with Gasteiger partial charge in [0.15, 0.2) is 0 Å². The summed E-state index contributed by atoms with van der Waals surface area (Å²) in [5.41, 5.74) is 6.17. The third-order valence-electron chi connectivity index (χ3n) is 7.20. The molecule has 0 radical (unpaired) electrons. The third kappa shape index (κ3) is 5.67. The molecule has 3 rings (SSSR count). The lowest BCUT2D eigenvalue weighted by Gasteiger charge is -2.44. The number of fused-ring (bicyclic) bond motifs is 1. The molecule has 1 aliphatic rings. The Morgan fingerprint density at radius 2 is 1.91 bits per heavy atom. The van der Waals surface area contributed by atoms with Gasteiger partial charge in [0.25, 0.3) is 0 Å². The number of benzene rings is 1. The summed E-state index contributed by atoms with van der Waals surface area (Å²) < 4.78 is 0. The lowest BCUT2D eigenvalue weighted by Crippen LogP contribution is -2.60. The predicted octanol–water partition coefficient (Wildman–Crippen LogP) is 1.89. The summed E-state index contributed by atoms with van der Waals surface area (Å²) in [5.74, 6) is -0.577. The first kappa shape index (κ1) is 26.7. The van der Waals surface area contributed by atoms with Gasteiger partial charge in [0.05, 0.1) is 11.0 Å². The molecule has 1 fully saturated rings. The van der Waals surface area contributed by atoms with Crippen LogP contribution in [0.3, 0.4) is 0 Å². The van der Waals surface area contributed by atoms with Crippen LogP contribution in [0.1, 0.15) is 45.6 Å². The van der Waals surface area contributed by atoms with Gasteiger partial charge in [-0.2, -0.15) is 0 Å². The van der Waals surface area contributed by atoms with Gasteiger partial charge in [0.1, 0.15) is 6.04 Å². The largest absolute Gasteiger partial charge is 0.361 e. The first-order chi connectivity index (χ1) is 16.4. The monoisotopic (exact) mass is 484 g/mol. The van der Waals surface area contributed by atoms with E-state index < -0.39 is 22.9 Å². The van der Waals surface area contributed by atoms with E-state index in [1.54, 1.807) is 35.8 Å². The zero-order valence-electron chi connectivity index (χ0n) is 21.9. The van der Waals surface area contributed by atoms with Crippen LogP contribution in [-0.4, -0.2) is 83.4 Å². The SMILES string of the molecule is CCC1(C(=O)N(C)N(C)C)CCCN(C(=O)[C@@H](Cc2c[nH]c3ccccc23)NC(=O)C(C)(C)N)C1. The van der Waals surface area contributed by atoms with Crippen molar-refractivity contribution >= 4 is 28.6 Å². The fraction of sp³-hybridized carbons (Fsp3) is 0.577. The molecule has 1 aliphatic heterocycles. The highest BCUT2D eigenvalue weighted by molar-refractivity contribution is 5.93. The maximum Gasteiger partial charge on any atom is 0.245 e. The van der Waals surface area contributed by atoms with Gasteiger partial charge in [-0.1, -0.05) is 25.1 Å². The summed E-state index contributed by atoms with van der Waals surface area (Å²) in [6.07, 6.45) is 4.28. The van der Waals surface area contributed by atoms with Crippen molar-refractivity contribution in [3.05, 3.63) is 36.0 Å². The molecule has 1 aromatic heterocycles. The van der Waals surface area contributed by atoms with Gasteiger partial charge in [0.2, 0.25) is 17.7 Å². The van der Waals surface area contributed by atoms with Crippen LogP contribution in [-0.2, 0) is 20.8 Å². The number of hydrazine groups is 1. The summed E-state index contributed by atoms with van der Waals surface area (Å²) in [5, 5.41) is 7.27. The van der Waals surface area contributed by atoms with E-state index >= 15 is 0 Å².